The lowest BCUT2D eigenvalue weighted by molar-refractivity contribution is -0.135. The van der Waals surface area contributed by atoms with E-state index in [2.05, 4.69) is 12.1 Å². The Morgan fingerprint density at radius 2 is 1.71 bits per heavy atom. The van der Waals surface area contributed by atoms with Gasteiger partial charge < -0.3 is 9.84 Å². The largest absolute Gasteiger partial charge is 0.507 e. The highest BCUT2D eigenvalue weighted by Crippen LogP contribution is 2.47. The normalized spacial score (nSPS) is 23.5. The molecule has 1 aliphatic heterocycles. The van der Waals surface area contributed by atoms with Crippen LogP contribution >= 0.6 is 0 Å². The summed E-state index contributed by atoms with van der Waals surface area (Å²) in [7, 11) is 0. The quantitative estimate of drug-likeness (QED) is 0.814. The van der Waals surface area contributed by atoms with E-state index >= 15 is 0 Å². The molecule has 1 N–H and O–H groups in total. The van der Waals surface area contributed by atoms with Crippen molar-refractivity contribution in [2.75, 3.05) is 6.61 Å². The van der Waals surface area contributed by atoms with E-state index < -0.39 is 5.97 Å². The van der Waals surface area contributed by atoms with Crippen LogP contribution in [0.4, 0.5) is 0 Å². The molecule has 4 rings (SSSR count). The maximum Gasteiger partial charge on any atom is 0.338 e. The molecule has 1 fully saturated rings. The van der Waals surface area contributed by atoms with Gasteiger partial charge in [0.05, 0.1) is 12.2 Å². The lowest BCUT2D eigenvalue weighted by atomic mass is 9.72. The third kappa shape index (κ3) is 1.70. The summed E-state index contributed by atoms with van der Waals surface area (Å²) in [5.74, 6) is -0.396. The number of cyclic esters (lactones) is 1. The van der Waals surface area contributed by atoms with Gasteiger partial charge in [0.25, 0.3) is 0 Å². The molecule has 2 atom stereocenters. The van der Waals surface area contributed by atoms with Crippen molar-refractivity contribution in [3.63, 3.8) is 0 Å². The monoisotopic (exact) mass is 278 g/mol. The second kappa shape index (κ2) is 4.48. The molecule has 3 heteroatoms. The van der Waals surface area contributed by atoms with Crippen molar-refractivity contribution in [1.82, 2.24) is 0 Å². The number of rotatable bonds is 1. The predicted octanol–water partition coefficient (Wildman–Crippen LogP) is 3.27. The fourth-order valence-electron chi connectivity index (χ4n) is 3.43. The van der Waals surface area contributed by atoms with E-state index in [1.165, 1.54) is 0 Å². The van der Waals surface area contributed by atoms with Gasteiger partial charge in [0.15, 0.2) is 0 Å². The zero-order chi connectivity index (χ0) is 14.4. The van der Waals surface area contributed by atoms with Gasteiger partial charge in [-0.1, -0.05) is 54.6 Å². The van der Waals surface area contributed by atoms with Crippen LogP contribution in [-0.4, -0.2) is 17.7 Å². The lowest BCUT2D eigenvalue weighted by Crippen LogP contribution is -2.23. The molecule has 0 unspecified atom stereocenters. The summed E-state index contributed by atoms with van der Waals surface area (Å²) in [6.45, 7) is 0.326. The number of ether oxygens (including phenoxy) is 1. The molecule has 21 heavy (non-hydrogen) atoms. The van der Waals surface area contributed by atoms with Crippen molar-refractivity contribution in [3.05, 3.63) is 76.9 Å². The van der Waals surface area contributed by atoms with Crippen LogP contribution in [0.1, 0.15) is 22.6 Å². The second-order valence-electron chi connectivity index (χ2n) is 5.44. The van der Waals surface area contributed by atoms with Gasteiger partial charge in [-0.15, -0.1) is 0 Å². The van der Waals surface area contributed by atoms with Crippen LogP contribution in [0.25, 0.3) is 5.76 Å². The van der Waals surface area contributed by atoms with E-state index in [1.54, 1.807) is 0 Å². The number of fused-ring (bicyclic) bond motifs is 2. The fraction of sp³-hybridized carbons (Fsp3) is 0.167. The molecule has 1 saturated heterocycles. The summed E-state index contributed by atoms with van der Waals surface area (Å²) in [6, 6.07) is 17.8. The van der Waals surface area contributed by atoms with Crippen LogP contribution in [0, 0.1) is 5.92 Å². The number of carbonyl (C=O) groups excluding carboxylic acids is 1. The first kappa shape index (κ1) is 12.2. The van der Waals surface area contributed by atoms with Crippen molar-refractivity contribution in [3.8, 4) is 0 Å². The molecular formula is C18H14O3. The van der Waals surface area contributed by atoms with E-state index in [4.69, 9.17) is 4.74 Å². The van der Waals surface area contributed by atoms with Gasteiger partial charge in [-0.25, -0.2) is 4.79 Å². The molecule has 0 radical (unpaired) electrons. The molecule has 0 bridgehead atoms. The first-order chi connectivity index (χ1) is 10.3. The number of carbonyl (C=O) groups is 1. The minimum Gasteiger partial charge on any atom is -0.507 e. The van der Waals surface area contributed by atoms with E-state index in [-0.39, 0.29) is 17.6 Å². The van der Waals surface area contributed by atoms with Crippen LogP contribution in [0.3, 0.4) is 0 Å². The highest BCUT2D eigenvalue weighted by atomic mass is 16.5. The van der Waals surface area contributed by atoms with Crippen molar-refractivity contribution in [2.45, 2.75) is 5.92 Å². The molecule has 1 aliphatic carbocycles. The van der Waals surface area contributed by atoms with Gasteiger partial charge in [0.1, 0.15) is 5.76 Å². The van der Waals surface area contributed by atoms with Gasteiger partial charge >= 0.3 is 5.97 Å². The number of benzene rings is 2. The topological polar surface area (TPSA) is 46.5 Å². The first-order valence-corrected chi connectivity index (χ1v) is 7.02. The van der Waals surface area contributed by atoms with E-state index in [1.807, 2.05) is 42.5 Å². The molecule has 0 aromatic heterocycles. The number of aliphatic hydroxyl groups is 1. The average molecular weight is 278 g/mol. The van der Waals surface area contributed by atoms with Gasteiger partial charge in [0, 0.05) is 17.4 Å². The molecule has 1 heterocycles. The van der Waals surface area contributed by atoms with Gasteiger partial charge in [-0.05, 0) is 11.1 Å². The third-order valence-corrected chi connectivity index (χ3v) is 4.35. The highest BCUT2D eigenvalue weighted by molar-refractivity contribution is 6.00. The molecule has 2 aromatic rings. The molecule has 2 aromatic carbocycles. The van der Waals surface area contributed by atoms with E-state index in [9.17, 15) is 9.90 Å². The van der Waals surface area contributed by atoms with Crippen LogP contribution in [-0.2, 0) is 9.53 Å². The summed E-state index contributed by atoms with van der Waals surface area (Å²) in [4.78, 5) is 12.0. The smallest absolute Gasteiger partial charge is 0.338 e. The SMILES string of the molecule is O=C1OC[C@H]2C1=C(O)c1ccccc1[C@@H]2c1ccccc1. The number of aliphatic hydroxyl groups excluding tert-OH is 1. The summed E-state index contributed by atoms with van der Waals surface area (Å²) in [6.07, 6.45) is 0. The highest BCUT2D eigenvalue weighted by Gasteiger charge is 2.44. The second-order valence-corrected chi connectivity index (χ2v) is 5.44. The van der Waals surface area contributed by atoms with Crippen molar-refractivity contribution in [1.29, 1.82) is 0 Å². The van der Waals surface area contributed by atoms with E-state index in [0.717, 1.165) is 16.7 Å². The number of esters is 1. The third-order valence-electron chi connectivity index (χ3n) is 4.35. The Kier molecular flexibility index (Phi) is 2.61. The van der Waals surface area contributed by atoms with Gasteiger partial charge in [-0.3, -0.25) is 0 Å². The minimum absolute atomic E-state index is 0.0414. The Bertz CT molecular complexity index is 746. The molecule has 0 spiro atoms. The molecule has 0 saturated carbocycles. The maximum atomic E-state index is 12.0. The van der Waals surface area contributed by atoms with E-state index in [0.29, 0.717) is 12.2 Å². The minimum atomic E-state index is -0.395. The summed E-state index contributed by atoms with van der Waals surface area (Å²) in [5, 5.41) is 10.4. The van der Waals surface area contributed by atoms with Crippen molar-refractivity contribution in [2.24, 2.45) is 5.92 Å². The molecule has 104 valence electrons. The average Bonchev–Trinajstić information content (AvgIpc) is 2.91. The lowest BCUT2D eigenvalue weighted by Gasteiger charge is -2.30. The molecular weight excluding hydrogens is 264 g/mol. The summed E-state index contributed by atoms with van der Waals surface area (Å²) in [5.41, 5.74) is 3.34. The van der Waals surface area contributed by atoms with Crippen LogP contribution in [0.5, 0.6) is 0 Å². The van der Waals surface area contributed by atoms with Gasteiger partial charge in [0.2, 0.25) is 0 Å². The Morgan fingerprint density at radius 1 is 1.00 bits per heavy atom. The standard InChI is InChI=1S/C18H14O3/c19-17-13-9-5-4-8-12(13)15(11-6-2-1-3-7-11)14-10-21-18(20)16(14)17/h1-9,14-15,19H,10H2/t14-,15+/m1/s1. The van der Waals surface area contributed by atoms with Crippen molar-refractivity contribution >= 4 is 11.7 Å². The summed E-state index contributed by atoms with van der Waals surface area (Å²) < 4.78 is 5.20. The Hall–Kier alpha value is -2.55. The fourth-order valence-corrected chi connectivity index (χ4v) is 3.43. The first-order valence-electron chi connectivity index (χ1n) is 7.02. The zero-order valence-corrected chi connectivity index (χ0v) is 11.3. The van der Waals surface area contributed by atoms with Crippen LogP contribution in [0.15, 0.2) is 60.2 Å². The Balaban J connectivity index is 1.98. The molecule has 3 nitrogen and oxygen atoms in total. The molecule has 0 amide bonds. The van der Waals surface area contributed by atoms with Crippen LogP contribution < -0.4 is 0 Å². The number of hydrogen-bond acceptors (Lipinski definition) is 3. The Labute approximate surface area is 122 Å². The number of hydrogen-bond donors (Lipinski definition) is 1. The maximum absolute atomic E-state index is 12.0. The summed E-state index contributed by atoms with van der Waals surface area (Å²) >= 11 is 0. The van der Waals surface area contributed by atoms with Gasteiger partial charge in [-0.2, -0.15) is 0 Å². The Morgan fingerprint density at radius 3 is 2.52 bits per heavy atom. The zero-order valence-electron chi connectivity index (χ0n) is 11.3. The predicted molar refractivity (Wildman–Crippen MR) is 78.7 cm³/mol. The van der Waals surface area contributed by atoms with Crippen molar-refractivity contribution < 1.29 is 14.6 Å². The molecule has 2 aliphatic rings. The van der Waals surface area contributed by atoms with Crippen LogP contribution in [0.2, 0.25) is 0 Å².